The van der Waals surface area contributed by atoms with E-state index in [1.807, 2.05) is 0 Å². The molecule has 0 saturated heterocycles. The van der Waals surface area contributed by atoms with E-state index in [4.69, 9.17) is 11.6 Å². The highest BCUT2D eigenvalue weighted by Gasteiger charge is 2.21. The van der Waals surface area contributed by atoms with E-state index >= 15 is 0 Å². The van der Waals surface area contributed by atoms with Crippen molar-refractivity contribution in [3.8, 4) is 0 Å². The summed E-state index contributed by atoms with van der Waals surface area (Å²) < 4.78 is 1.72. The van der Waals surface area contributed by atoms with E-state index in [1.54, 1.807) is 23.3 Å². The van der Waals surface area contributed by atoms with Gasteiger partial charge in [-0.15, -0.1) is 0 Å². The molecule has 17 heavy (non-hydrogen) atoms. The van der Waals surface area contributed by atoms with Crippen LogP contribution >= 0.6 is 11.6 Å². The van der Waals surface area contributed by atoms with Crippen LogP contribution in [0.15, 0.2) is 40.6 Å². The molecule has 3 rings (SSSR count). The predicted molar refractivity (Wildman–Crippen MR) is 64.5 cm³/mol. The van der Waals surface area contributed by atoms with Crippen molar-refractivity contribution in [1.82, 2.24) is 14.5 Å². The highest BCUT2D eigenvalue weighted by molar-refractivity contribution is 6.23. The first-order valence-corrected chi connectivity index (χ1v) is 5.38. The zero-order valence-electron chi connectivity index (χ0n) is 8.59. The maximum Gasteiger partial charge on any atom is 0.198 e. The van der Waals surface area contributed by atoms with Crippen molar-refractivity contribution in [1.29, 1.82) is 0 Å². The van der Waals surface area contributed by atoms with Gasteiger partial charge in [-0.3, -0.25) is 4.79 Å². The third-order valence-corrected chi connectivity index (χ3v) is 2.60. The monoisotopic (exact) mass is 249 g/mol. The minimum atomic E-state index is -0.569. The van der Waals surface area contributed by atoms with Crippen LogP contribution in [0.4, 0.5) is 5.82 Å². The second-order valence-corrected chi connectivity index (χ2v) is 3.91. The number of anilines is 1. The summed E-state index contributed by atoms with van der Waals surface area (Å²) in [5, 5.41) is 2.91. The first-order chi connectivity index (χ1) is 8.24. The van der Waals surface area contributed by atoms with Crippen LogP contribution in [0.3, 0.4) is 0 Å². The molecule has 1 unspecified atom stereocenters. The van der Waals surface area contributed by atoms with Crippen molar-refractivity contribution < 1.29 is 0 Å². The quantitative estimate of drug-likeness (QED) is 0.536. The molecule has 6 nitrogen and oxygen atoms in total. The Morgan fingerprint density at radius 1 is 1.35 bits per heavy atom. The third-order valence-electron chi connectivity index (χ3n) is 2.40. The number of fused-ring (bicyclic) bond motifs is 1. The van der Waals surface area contributed by atoms with Crippen LogP contribution in [0, 0.1) is 0 Å². The smallest absolute Gasteiger partial charge is 0.198 e. The fourth-order valence-electron chi connectivity index (χ4n) is 1.64. The maximum atomic E-state index is 11.1. The SMILES string of the molecule is O=c1ccn(C2=NC(Cl)Nc3nc[nH]c32)cc1. The number of nitrogens with one attached hydrogen (secondary N) is 2. The Balaban J connectivity index is 2.13. The molecule has 86 valence electrons. The fourth-order valence-corrected chi connectivity index (χ4v) is 1.84. The van der Waals surface area contributed by atoms with Crippen molar-refractivity contribution in [2.24, 2.45) is 4.99 Å². The predicted octanol–water partition coefficient (Wildman–Crippen LogP) is 0.814. The van der Waals surface area contributed by atoms with Crippen LogP contribution in [0.25, 0.3) is 0 Å². The summed E-state index contributed by atoms with van der Waals surface area (Å²) in [4.78, 5) is 22.4. The van der Waals surface area contributed by atoms with Crippen molar-refractivity contribution in [2.75, 3.05) is 5.32 Å². The number of alkyl halides is 1. The number of pyridine rings is 1. The minimum Gasteiger partial charge on any atom is -0.340 e. The number of rotatable bonds is 0. The van der Waals surface area contributed by atoms with Gasteiger partial charge in [0.2, 0.25) is 0 Å². The molecule has 1 aliphatic heterocycles. The van der Waals surface area contributed by atoms with Gasteiger partial charge in [0.15, 0.2) is 22.7 Å². The number of hydrogen-bond donors (Lipinski definition) is 2. The summed E-state index contributed by atoms with van der Waals surface area (Å²) in [6.07, 6.45) is 4.84. The zero-order valence-corrected chi connectivity index (χ0v) is 9.35. The van der Waals surface area contributed by atoms with Crippen LogP contribution < -0.4 is 10.7 Å². The van der Waals surface area contributed by atoms with E-state index in [0.29, 0.717) is 11.7 Å². The maximum absolute atomic E-state index is 11.1. The number of nitrogens with zero attached hydrogens (tertiary/aromatic N) is 3. The van der Waals surface area contributed by atoms with Crippen LogP contribution in [0.2, 0.25) is 0 Å². The van der Waals surface area contributed by atoms with Gasteiger partial charge in [-0.1, -0.05) is 11.6 Å². The fraction of sp³-hybridized carbons (Fsp3) is 0.100. The third kappa shape index (κ3) is 1.72. The lowest BCUT2D eigenvalue weighted by molar-refractivity contribution is 0.961. The van der Waals surface area contributed by atoms with E-state index in [9.17, 15) is 4.79 Å². The Labute approximate surface area is 101 Å². The summed E-state index contributed by atoms with van der Waals surface area (Å²) >= 11 is 5.95. The number of H-pyrrole nitrogens is 1. The molecule has 0 aliphatic carbocycles. The van der Waals surface area contributed by atoms with Crippen LogP contribution in [0.1, 0.15) is 5.69 Å². The summed E-state index contributed by atoms with van der Waals surface area (Å²) in [5.74, 6) is 1.27. The lowest BCUT2D eigenvalue weighted by atomic mass is 10.3. The molecule has 7 heteroatoms. The van der Waals surface area contributed by atoms with Gasteiger partial charge in [0.05, 0.1) is 6.33 Å². The molecule has 0 radical (unpaired) electrons. The molecule has 0 amide bonds. The second kappa shape index (κ2) is 3.74. The highest BCUT2D eigenvalue weighted by atomic mass is 35.5. The molecular formula is C10H8ClN5O. The molecule has 0 spiro atoms. The standard InChI is InChI=1S/C10H8ClN5O/c11-10-14-8-7(12-5-13-8)9(15-10)16-3-1-6(17)2-4-16/h1-5,10,14H,(H,12,13). The topological polar surface area (TPSA) is 75.1 Å². The van der Waals surface area contributed by atoms with E-state index in [1.165, 1.54) is 12.1 Å². The molecule has 2 aromatic rings. The van der Waals surface area contributed by atoms with Gasteiger partial charge < -0.3 is 14.9 Å². The Kier molecular flexibility index (Phi) is 2.22. The van der Waals surface area contributed by atoms with Crippen LogP contribution in [0.5, 0.6) is 0 Å². The lowest BCUT2D eigenvalue weighted by Gasteiger charge is -2.18. The molecule has 1 atom stereocenters. The average molecular weight is 250 g/mol. The number of aliphatic imine (C=N–C) groups is 1. The van der Waals surface area contributed by atoms with E-state index < -0.39 is 5.62 Å². The van der Waals surface area contributed by atoms with Gasteiger partial charge in [0, 0.05) is 24.5 Å². The minimum absolute atomic E-state index is 0.0527. The summed E-state index contributed by atoms with van der Waals surface area (Å²) in [6.45, 7) is 0. The molecule has 2 aromatic heterocycles. The number of aromatic amines is 1. The molecule has 2 N–H and O–H groups in total. The van der Waals surface area contributed by atoms with Gasteiger partial charge >= 0.3 is 0 Å². The first kappa shape index (κ1) is 10.1. The van der Waals surface area contributed by atoms with Crippen molar-refractivity contribution in [3.63, 3.8) is 0 Å². The lowest BCUT2D eigenvalue weighted by Crippen LogP contribution is -2.26. The molecule has 0 bridgehead atoms. The molecule has 0 fully saturated rings. The van der Waals surface area contributed by atoms with Gasteiger partial charge in [-0.2, -0.15) is 0 Å². The highest BCUT2D eigenvalue weighted by Crippen LogP contribution is 2.20. The molecule has 3 heterocycles. The Morgan fingerprint density at radius 2 is 2.12 bits per heavy atom. The van der Waals surface area contributed by atoms with Gasteiger partial charge in [0.1, 0.15) is 5.69 Å². The Hall–Kier alpha value is -2.08. The second-order valence-electron chi connectivity index (χ2n) is 3.50. The van der Waals surface area contributed by atoms with Crippen molar-refractivity contribution in [2.45, 2.75) is 5.62 Å². The molecule has 1 aliphatic rings. The number of hydrogen-bond acceptors (Lipinski definition) is 4. The number of halogens is 1. The zero-order chi connectivity index (χ0) is 11.8. The van der Waals surface area contributed by atoms with Crippen molar-refractivity contribution in [3.05, 3.63) is 46.8 Å². The van der Waals surface area contributed by atoms with Gasteiger partial charge in [-0.25, -0.2) is 9.98 Å². The summed E-state index contributed by atoms with van der Waals surface area (Å²) in [7, 11) is 0. The van der Waals surface area contributed by atoms with Gasteiger partial charge in [0.25, 0.3) is 0 Å². The Bertz CT molecular complexity index is 624. The van der Waals surface area contributed by atoms with E-state index in [2.05, 4.69) is 20.3 Å². The molecular weight excluding hydrogens is 242 g/mol. The Morgan fingerprint density at radius 3 is 2.88 bits per heavy atom. The van der Waals surface area contributed by atoms with E-state index in [0.717, 1.165) is 5.69 Å². The normalized spacial score (nSPS) is 18.2. The molecule has 0 aromatic carbocycles. The average Bonchev–Trinajstić information content (AvgIpc) is 2.77. The van der Waals surface area contributed by atoms with Gasteiger partial charge in [-0.05, 0) is 0 Å². The number of aromatic nitrogens is 3. The number of imidazole rings is 1. The van der Waals surface area contributed by atoms with Crippen LogP contribution in [-0.2, 0) is 0 Å². The van der Waals surface area contributed by atoms with Crippen molar-refractivity contribution >= 4 is 23.3 Å². The summed E-state index contributed by atoms with van der Waals surface area (Å²) in [5.41, 5.74) is 0.119. The summed E-state index contributed by atoms with van der Waals surface area (Å²) in [6, 6.07) is 2.92. The van der Waals surface area contributed by atoms with Crippen LogP contribution in [-0.4, -0.2) is 26.0 Å². The molecule has 0 saturated carbocycles. The van der Waals surface area contributed by atoms with E-state index in [-0.39, 0.29) is 5.43 Å². The largest absolute Gasteiger partial charge is 0.340 e. The first-order valence-electron chi connectivity index (χ1n) is 4.95.